The molecule has 0 saturated carbocycles. The number of pyridine rings is 1. The summed E-state index contributed by atoms with van der Waals surface area (Å²) in [5, 5.41) is 0. The van der Waals surface area contributed by atoms with Crippen LogP contribution in [0.1, 0.15) is 12.1 Å². The van der Waals surface area contributed by atoms with Crippen molar-refractivity contribution in [2.45, 2.75) is 12.3 Å². The second kappa shape index (κ2) is 9.22. The van der Waals surface area contributed by atoms with Crippen LogP contribution >= 0.6 is 11.6 Å². The highest BCUT2D eigenvalue weighted by Crippen LogP contribution is 2.08. The molecule has 0 aliphatic heterocycles. The Morgan fingerprint density at radius 2 is 2.06 bits per heavy atom. The van der Waals surface area contributed by atoms with E-state index in [9.17, 15) is 0 Å². The molecule has 17 heavy (non-hydrogen) atoms. The smallest absolute Gasteiger partial charge is 0.213 e. The van der Waals surface area contributed by atoms with Crippen molar-refractivity contribution in [1.29, 1.82) is 0 Å². The van der Waals surface area contributed by atoms with Gasteiger partial charge in [-0.1, -0.05) is 6.07 Å². The molecule has 1 heterocycles. The molecule has 0 unspecified atom stereocenters. The van der Waals surface area contributed by atoms with Gasteiger partial charge in [0.1, 0.15) is 6.61 Å². The first-order chi connectivity index (χ1) is 8.36. The summed E-state index contributed by atoms with van der Waals surface area (Å²) in [5.41, 5.74) is 0.810. The topological polar surface area (TPSA) is 40.6 Å². The van der Waals surface area contributed by atoms with E-state index >= 15 is 0 Å². The van der Waals surface area contributed by atoms with Gasteiger partial charge < -0.3 is 14.2 Å². The Hall–Kier alpha value is -0.840. The van der Waals surface area contributed by atoms with Gasteiger partial charge in [-0.05, 0) is 12.5 Å². The molecule has 1 rings (SSSR count). The summed E-state index contributed by atoms with van der Waals surface area (Å²) in [7, 11) is 1.68. The van der Waals surface area contributed by atoms with Crippen molar-refractivity contribution >= 4 is 11.6 Å². The maximum absolute atomic E-state index is 5.68. The lowest BCUT2D eigenvalue weighted by molar-refractivity contribution is 0.0795. The Balaban J connectivity index is 2.09. The van der Waals surface area contributed by atoms with Gasteiger partial charge in [-0.25, -0.2) is 4.98 Å². The highest BCUT2D eigenvalue weighted by atomic mass is 35.5. The molecule has 0 atom stereocenters. The minimum Gasteiger partial charge on any atom is -0.475 e. The average Bonchev–Trinajstić information content (AvgIpc) is 2.38. The second-order valence-electron chi connectivity index (χ2n) is 3.41. The molecule has 0 spiro atoms. The zero-order chi connectivity index (χ0) is 12.3. The lowest BCUT2D eigenvalue weighted by atomic mass is 10.4. The van der Waals surface area contributed by atoms with Crippen LogP contribution in [-0.4, -0.2) is 38.5 Å². The first-order valence-electron chi connectivity index (χ1n) is 5.58. The molecule has 0 amide bonds. The minimum absolute atomic E-state index is 0.394. The summed E-state index contributed by atoms with van der Waals surface area (Å²) >= 11 is 5.68. The van der Waals surface area contributed by atoms with E-state index in [1.54, 1.807) is 13.2 Å². The van der Waals surface area contributed by atoms with Gasteiger partial charge in [0, 0.05) is 26.4 Å². The van der Waals surface area contributed by atoms with Crippen LogP contribution in [0.4, 0.5) is 0 Å². The second-order valence-corrected chi connectivity index (χ2v) is 3.68. The molecule has 0 N–H and O–H groups in total. The number of hydrogen-bond donors (Lipinski definition) is 0. The van der Waals surface area contributed by atoms with E-state index in [0.717, 1.165) is 18.7 Å². The van der Waals surface area contributed by atoms with Crippen molar-refractivity contribution in [2.75, 3.05) is 33.5 Å². The number of halogens is 1. The predicted molar refractivity (Wildman–Crippen MR) is 66.6 cm³/mol. The zero-order valence-corrected chi connectivity index (χ0v) is 10.8. The molecule has 0 radical (unpaired) electrons. The lowest BCUT2D eigenvalue weighted by Crippen LogP contribution is -2.09. The van der Waals surface area contributed by atoms with Crippen molar-refractivity contribution in [3.8, 4) is 5.88 Å². The Morgan fingerprint density at radius 1 is 1.18 bits per heavy atom. The number of alkyl halides is 1. The van der Waals surface area contributed by atoms with Crippen LogP contribution in [0.3, 0.4) is 0 Å². The number of methoxy groups -OCH3 is 1. The van der Waals surface area contributed by atoms with Crippen molar-refractivity contribution < 1.29 is 14.2 Å². The normalized spacial score (nSPS) is 10.5. The van der Waals surface area contributed by atoms with E-state index in [1.807, 2.05) is 12.1 Å². The first-order valence-corrected chi connectivity index (χ1v) is 6.11. The van der Waals surface area contributed by atoms with Crippen LogP contribution in [0.2, 0.25) is 0 Å². The quantitative estimate of drug-likeness (QED) is 0.504. The summed E-state index contributed by atoms with van der Waals surface area (Å²) < 4.78 is 15.7. The Kier molecular flexibility index (Phi) is 7.71. The molecule has 5 heteroatoms. The maximum atomic E-state index is 5.68. The number of ether oxygens (including phenoxy) is 3. The van der Waals surface area contributed by atoms with Gasteiger partial charge >= 0.3 is 0 Å². The lowest BCUT2D eigenvalue weighted by Gasteiger charge is -2.07. The largest absolute Gasteiger partial charge is 0.475 e. The van der Waals surface area contributed by atoms with Crippen molar-refractivity contribution in [3.05, 3.63) is 23.9 Å². The van der Waals surface area contributed by atoms with Gasteiger partial charge in [-0.2, -0.15) is 0 Å². The molecule has 1 aromatic heterocycles. The fourth-order valence-electron chi connectivity index (χ4n) is 1.22. The number of rotatable bonds is 9. The summed E-state index contributed by atoms with van der Waals surface area (Å²) in [6, 6.07) is 5.54. The van der Waals surface area contributed by atoms with E-state index in [2.05, 4.69) is 4.98 Å². The summed E-state index contributed by atoms with van der Waals surface area (Å²) in [6.07, 6.45) is 0.899. The number of nitrogens with zero attached hydrogens (tertiary/aromatic N) is 1. The molecule has 0 bridgehead atoms. The highest BCUT2D eigenvalue weighted by molar-refractivity contribution is 6.16. The van der Waals surface area contributed by atoms with E-state index in [-0.39, 0.29) is 0 Å². The van der Waals surface area contributed by atoms with Gasteiger partial charge in [0.15, 0.2) is 0 Å². The van der Waals surface area contributed by atoms with E-state index in [0.29, 0.717) is 31.6 Å². The SMILES string of the molecule is COCCCOCCOc1cccc(CCl)n1. The predicted octanol–water partition coefficient (Wildman–Crippen LogP) is 2.25. The van der Waals surface area contributed by atoms with Crippen LogP contribution in [-0.2, 0) is 15.4 Å². The molecular formula is C12H18ClNO3. The molecule has 0 aromatic carbocycles. The third-order valence-corrected chi connectivity index (χ3v) is 2.31. The minimum atomic E-state index is 0.394. The van der Waals surface area contributed by atoms with Crippen molar-refractivity contribution in [2.24, 2.45) is 0 Å². The van der Waals surface area contributed by atoms with Gasteiger partial charge in [0.05, 0.1) is 18.2 Å². The Labute approximate surface area is 107 Å². The van der Waals surface area contributed by atoms with E-state index < -0.39 is 0 Å². The zero-order valence-electron chi connectivity index (χ0n) is 10.0. The molecule has 0 fully saturated rings. The Bertz CT molecular complexity index is 310. The molecule has 1 aromatic rings. The number of aromatic nitrogens is 1. The van der Waals surface area contributed by atoms with Crippen molar-refractivity contribution in [1.82, 2.24) is 4.98 Å². The molecule has 0 saturated heterocycles. The van der Waals surface area contributed by atoms with Crippen LogP contribution in [0.15, 0.2) is 18.2 Å². The summed E-state index contributed by atoms with van der Waals surface area (Å²) in [5.74, 6) is 0.980. The van der Waals surface area contributed by atoms with E-state index in [4.69, 9.17) is 25.8 Å². The fraction of sp³-hybridized carbons (Fsp3) is 0.583. The van der Waals surface area contributed by atoms with Crippen LogP contribution in [0.5, 0.6) is 5.88 Å². The highest BCUT2D eigenvalue weighted by Gasteiger charge is 1.97. The number of hydrogen-bond acceptors (Lipinski definition) is 4. The molecule has 96 valence electrons. The Morgan fingerprint density at radius 3 is 2.82 bits per heavy atom. The average molecular weight is 260 g/mol. The third-order valence-electron chi connectivity index (χ3n) is 2.03. The molecule has 4 nitrogen and oxygen atoms in total. The fourth-order valence-corrected chi connectivity index (χ4v) is 1.37. The first kappa shape index (κ1) is 14.2. The van der Waals surface area contributed by atoms with Crippen molar-refractivity contribution in [3.63, 3.8) is 0 Å². The molecule has 0 aliphatic carbocycles. The van der Waals surface area contributed by atoms with Gasteiger partial charge in [0.25, 0.3) is 0 Å². The summed E-state index contributed by atoms with van der Waals surface area (Å²) in [4.78, 5) is 4.21. The van der Waals surface area contributed by atoms with E-state index in [1.165, 1.54) is 0 Å². The summed E-state index contributed by atoms with van der Waals surface area (Å²) in [6.45, 7) is 2.45. The van der Waals surface area contributed by atoms with Crippen LogP contribution in [0, 0.1) is 0 Å². The third kappa shape index (κ3) is 6.46. The van der Waals surface area contributed by atoms with Crippen LogP contribution < -0.4 is 4.74 Å². The molecule has 0 aliphatic rings. The maximum Gasteiger partial charge on any atom is 0.213 e. The van der Waals surface area contributed by atoms with Crippen LogP contribution in [0.25, 0.3) is 0 Å². The van der Waals surface area contributed by atoms with Gasteiger partial charge in [-0.15, -0.1) is 11.6 Å². The molecular weight excluding hydrogens is 242 g/mol. The van der Waals surface area contributed by atoms with Gasteiger partial charge in [0.2, 0.25) is 5.88 Å². The van der Waals surface area contributed by atoms with Gasteiger partial charge in [-0.3, -0.25) is 0 Å². The standard InChI is InChI=1S/C12H18ClNO3/c1-15-6-3-7-16-8-9-17-12-5-2-4-11(10-13)14-12/h2,4-5H,3,6-10H2,1H3. The monoisotopic (exact) mass is 259 g/mol.